The number of hydrogen-bond donors (Lipinski definition) is 1. The molecule has 112 valence electrons. The summed E-state index contributed by atoms with van der Waals surface area (Å²) in [7, 11) is 0. The third kappa shape index (κ3) is 4.08. The summed E-state index contributed by atoms with van der Waals surface area (Å²) in [5.41, 5.74) is 0.594. The maximum absolute atomic E-state index is 12.4. The zero-order chi connectivity index (χ0) is 15.2. The quantitative estimate of drug-likeness (QED) is 0.869. The van der Waals surface area contributed by atoms with Gasteiger partial charge in [0.15, 0.2) is 0 Å². The minimum atomic E-state index is -0.0255. The van der Waals surface area contributed by atoms with Crippen molar-refractivity contribution >= 4 is 23.4 Å². The van der Waals surface area contributed by atoms with E-state index in [0.29, 0.717) is 43.1 Å². The molecule has 5 heteroatoms. The summed E-state index contributed by atoms with van der Waals surface area (Å²) in [6.45, 7) is 5.25. The molecule has 0 spiro atoms. The van der Waals surface area contributed by atoms with Gasteiger partial charge in [-0.3, -0.25) is 9.59 Å². The van der Waals surface area contributed by atoms with Gasteiger partial charge in [-0.2, -0.15) is 0 Å². The van der Waals surface area contributed by atoms with E-state index in [4.69, 9.17) is 11.6 Å². The van der Waals surface area contributed by atoms with Gasteiger partial charge in [0.05, 0.1) is 0 Å². The summed E-state index contributed by atoms with van der Waals surface area (Å²) < 4.78 is 0. The molecule has 1 aliphatic heterocycles. The van der Waals surface area contributed by atoms with Crippen molar-refractivity contribution in [1.82, 2.24) is 10.2 Å². The number of halogens is 1. The van der Waals surface area contributed by atoms with E-state index in [1.165, 1.54) is 0 Å². The van der Waals surface area contributed by atoms with E-state index >= 15 is 0 Å². The van der Waals surface area contributed by atoms with Gasteiger partial charge in [0, 0.05) is 36.1 Å². The molecule has 0 aliphatic carbocycles. The van der Waals surface area contributed by atoms with Gasteiger partial charge in [0.1, 0.15) is 0 Å². The summed E-state index contributed by atoms with van der Waals surface area (Å²) in [6, 6.07) is 6.95. The van der Waals surface area contributed by atoms with Gasteiger partial charge >= 0.3 is 0 Å². The number of rotatable bonds is 4. The molecular weight excluding hydrogens is 288 g/mol. The van der Waals surface area contributed by atoms with Gasteiger partial charge < -0.3 is 10.2 Å². The molecule has 0 saturated carbocycles. The Morgan fingerprint density at radius 2 is 2.10 bits per heavy atom. The van der Waals surface area contributed by atoms with E-state index in [1.807, 2.05) is 0 Å². The zero-order valence-electron chi connectivity index (χ0n) is 11.8. The fourth-order valence-electron chi connectivity index (χ4n) is 2.47. The molecule has 2 amide bonds. The van der Waals surface area contributed by atoms with Gasteiger partial charge in [-0.05, 0) is 31.0 Å². The molecule has 1 aromatic rings. The highest BCUT2D eigenvalue weighted by Crippen LogP contribution is 2.20. The highest BCUT2D eigenvalue weighted by atomic mass is 35.5. The lowest BCUT2D eigenvalue weighted by Crippen LogP contribution is -2.43. The lowest BCUT2D eigenvalue weighted by atomic mass is 9.95. The first-order chi connectivity index (χ1) is 10.1. The number of piperidine rings is 1. The van der Waals surface area contributed by atoms with Crippen LogP contribution in [0.15, 0.2) is 36.9 Å². The number of amides is 2. The van der Waals surface area contributed by atoms with Crippen LogP contribution in [0.25, 0.3) is 0 Å². The summed E-state index contributed by atoms with van der Waals surface area (Å²) in [4.78, 5) is 26.0. The van der Waals surface area contributed by atoms with E-state index in [9.17, 15) is 9.59 Å². The molecule has 0 radical (unpaired) electrons. The Kier molecular flexibility index (Phi) is 5.39. The van der Waals surface area contributed by atoms with Crippen LogP contribution in [0.1, 0.15) is 23.2 Å². The van der Waals surface area contributed by atoms with Gasteiger partial charge in [-0.25, -0.2) is 0 Å². The summed E-state index contributed by atoms with van der Waals surface area (Å²) in [5, 5.41) is 3.36. The average Bonchev–Trinajstić information content (AvgIpc) is 2.52. The fraction of sp³-hybridized carbons (Fsp3) is 0.375. The Morgan fingerprint density at radius 1 is 1.38 bits per heavy atom. The van der Waals surface area contributed by atoms with Crippen molar-refractivity contribution in [3.63, 3.8) is 0 Å². The molecule has 1 heterocycles. The van der Waals surface area contributed by atoms with Gasteiger partial charge in [0.25, 0.3) is 5.91 Å². The van der Waals surface area contributed by atoms with Crippen LogP contribution in [0.4, 0.5) is 0 Å². The number of carbonyl (C=O) groups excluding carboxylic acids is 2. The van der Waals surface area contributed by atoms with Crippen LogP contribution in [0.5, 0.6) is 0 Å². The molecule has 1 aliphatic rings. The van der Waals surface area contributed by atoms with Gasteiger partial charge in [-0.1, -0.05) is 23.7 Å². The smallest absolute Gasteiger partial charge is 0.253 e. The lowest BCUT2D eigenvalue weighted by Gasteiger charge is -2.31. The Morgan fingerprint density at radius 3 is 2.71 bits per heavy atom. The summed E-state index contributed by atoms with van der Waals surface area (Å²) in [6.07, 6.45) is 3.04. The van der Waals surface area contributed by atoms with Crippen molar-refractivity contribution in [3.8, 4) is 0 Å². The van der Waals surface area contributed by atoms with Crippen molar-refractivity contribution in [2.24, 2.45) is 5.92 Å². The lowest BCUT2D eigenvalue weighted by molar-refractivity contribution is -0.126. The first-order valence-corrected chi connectivity index (χ1v) is 7.43. The third-order valence-corrected chi connectivity index (χ3v) is 3.88. The number of hydrogen-bond acceptors (Lipinski definition) is 2. The Hall–Kier alpha value is -1.81. The van der Waals surface area contributed by atoms with E-state index < -0.39 is 0 Å². The van der Waals surface area contributed by atoms with Crippen LogP contribution in [-0.4, -0.2) is 36.3 Å². The molecule has 21 heavy (non-hydrogen) atoms. The Bertz CT molecular complexity index is 537. The van der Waals surface area contributed by atoms with Crippen LogP contribution < -0.4 is 5.32 Å². The first-order valence-electron chi connectivity index (χ1n) is 7.05. The molecule has 0 unspecified atom stereocenters. The molecule has 0 aromatic heterocycles. The molecule has 4 nitrogen and oxygen atoms in total. The second-order valence-electron chi connectivity index (χ2n) is 5.11. The monoisotopic (exact) mass is 306 g/mol. The molecular formula is C16H19ClN2O2. The SMILES string of the molecule is C=CCNC(=O)C1CCN(C(=O)c2cccc(Cl)c2)CC1. The van der Waals surface area contributed by atoms with E-state index in [2.05, 4.69) is 11.9 Å². The number of likely N-dealkylation sites (tertiary alicyclic amines) is 1. The van der Waals surface area contributed by atoms with Crippen molar-refractivity contribution < 1.29 is 9.59 Å². The molecule has 1 fully saturated rings. The van der Waals surface area contributed by atoms with Crippen molar-refractivity contribution in [1.29, 1.82) is 0 Å². The normalized spacial score (nSPS) is 15.6. The second kappa shape index (κ2) is 7.27. The van der Waals surface area contributed by atoms with Crippen LogP contribution in [-0.2, 0) is 4.79 Å². The third-order valence-electron chi connectivity index (χ3n) is 3.65. The number of nitrogens with zero attached hydrogens (tertiary/aromatic N) is 1. The van der Waals surface area contributed by atoms with E-state index in [1.54, 1.807) is 35.2 Å². The van der Waals surface area contributed by atoms with Crippen molar-refractivity contribution in [2.45, 2.75) is 12.8 Å². The van der Waals surface area contributed by atoms with E-state index in [-0.39, 0.29) is 17.7 Å². The topological polar surface area (TPSA) is 49.4 Å². The maximum atomic E-state index is 12.4. The minimum Gasteiger partial charge on any atom is -0.352 e. The predicted molar refractivity (Wildman–Crippen MR) is 83.3 cm³/mol. The first kappa shape index (κ1) is 15.6. The molecule has 0 bridgehead atoms. The maximum Gasteiger partial charge on any atom is 0.253 e. The van der Waals surface area contributed by atoms with Crippen molar-refractivity contribution in [3.05, 3.63) is 47.5 Å². The number of nitrogens with one attached hydrogen (secondary N) is 1. The Balaban J connectivity index is 1.90. The highest BCUT2D eigenvalue weighted by Gasteiger charge is 2.27. The summed E-state index contributed by atoms with van der Waals surface area (Å²) in [5.74, 6) is 0.000524. The zero-order valence-corrected chi connectivity index (χ0v) is 12.6. The van der Waals surface area contributed by atoms with Crippen molar-refractivity contribution in [2.75, 3.05) is 19.6 Å². The largest absolute Gasteiger partial charge is 0.352 e. The van der Waals surface area contributed by atoms with Crippen LogP contribution in [0.2, 0.25) is 5.02 Å². The van der Waals surface area contributed by atoms with Crippen LogP contribution >= 0.6 is 11.6 Å². The minimum absolute atomic E-state index is 0.0200. The molecule has 1 N–H and O–H groups in total. The van der Waals surface area contributed by atoms with Crippen LogP contribution in [0.3, 0.4) is 0 Å². The molecule has 1 saturated heterocycles. The van der Waals surface area contributed by atoms with Crippen LogP contribution in [0, 0.1) is 5.92 Å². The van der Waals surface area contributed by atoms with E-state index in [0.717, 1.165) is 0 Å². The summed E-state index contributed by atoms with van der Waals surface area (Å²) >= 11 is 5.91. The second-order valence-corrected chi connectivity index (χ2v) is 5.55. The molecule has 2 rings (SSSR count). The molecule has 0 atom stereocenters. The predicted octanol–water partition coefficient (Wildman–Crippen LogP) is 2.49. The molecule has 1 aromatic carbocycles. The average molecular weight is 307 g/mol. The number of benzene rings is 1. The van der Waals surface area contributed by atoms with Gasteiger partial charge in [-0.15, -0.1) is 6.58 Å². The number of carbonyl (C=O) groups is 2. The Labute approximate surface area is 129 Å². The highest BCUT2D eigenvalue weighted by molar-refractivity contribution is 6.30. The standard InChI is InChI=1S/C16H19ClN2O2/c1-2-8-18-15(20)12-6-9-19(10-7-12)16(21)13-4-3-5-14(17)11-13/h2-5,11-12H,1,6-10H2,(H,18,20). The van der Waals surface area contributed by atoms with Gasteiger partial charge in [0.2, 0.25) is 5.91 Å². The fourth-order valence-corrected chi connectivity index (χ4v) is 2.66.